The van der Waals surface area contributed by atoms with Crippen LogP contribution >= 0.6 is 0 Å². The van der Waals surface area contributed by atoms with Crippen LogP contribution in [0.1, 0.15) is 53.9 Å². The van der Waals surface area contributed by atoms with Crippen LogP contribution in [0.25, 0.3) is 0 Å². The van der Waals surface area contributed by atoms with Crippen molar-refractivity contribution in [2.24, 2.45) is 17.1 Å². The lowest BCUT2D eigenvalue weighted by Crippen LogP contribution is -2.42. The van der Waals surface area contributed by atoms with Crippen LogP contribution in [0.4, 0.5) is 0 Å². The predicted octanol–water partition coefficient (Wildman–Crippen LogP) is 2.11. The fraction of sp³-hybridized carbons (Fsp3) is 1.00. The highest BCUT2D eigenvalue weighted by molar-refractivity contribution is 7.89. The third-order valence-corrected chi connectivity index (χ3v) is 4.66. The second-order valence-electron chi connectivity index (χ2n) is 6.22. The van der Waals surface area contributed by atoms with Gasteiger partial charge in [-0.15, -0.1) is 0 Å². The average molecular weight is 278 g/mol. The zero-order valence-electron chi connectivity index (χ0n) is 12.5. The SMILES string of the molecule is CCC(CC)C(N)CNS(=O)(=O)CCC(C)(C)C. The number of hydrogen-bond acceptors (Lipinski definition) is 3. The Hall–Kier alpha value is -0.130. The van der Waals surface area contributed by atoms with E-state index < -0.39 is 10.0 Å². The third-order valence-electron chi connectivity index (χ3n) is 3.31. The van der Waals surface area contributed by atoms with Crippen molar-refractivity contribution >= 4 is 10.0 Å². The molecule has 0 aliphatic rings. The largest absolute Gasteiger partial charge is 0.326 e. The topological polar surface area (TPSA) is 72.2 Å². The molecule has 3 N–H and O–H groups in total. The predicted molar refractivity (Wildman–Crippen MR) is 77.9 cm³/mol. The van der Waals surface area contributed by atoms with Gasteiger partial charge in [0.25, 0.3) is 0 Å². The van der Waals surface area contributed by atoms with Crippen LogP contribution in [-0.2, 0) is 10.0 Å². The number of hydrogen-bond donors (Lipinski definition) is 2. The van der Waals surface area contributed by atoms with Crippen LogP contribution in [-0.4, -0.2) is 26.8 Å². The molecule has 0 fully saturated rings. The van der Waals surface area contributed by atoms with Gasteiger partial charge in [-0.3, -0.25) is 0 Å². The summed E-state index contributed by atoms with van der Waals surface area (Å²) in [5, 5.41) is 0. The first-order valence-corrected chi connectivity index (χ1v) is 8.49. The molecular formula is C13H30N2O2S. The van der Waals surface area contributed by atoms with Gasteiger partial charge in [-0.25, -0.2) is 13.1 Å². The molecule has 4 nitrogen and oxygen atoms in total. The van der Waals surface area contributed by atoms with Crippen molar-refractivity contribution < 1.29 is 8.42 Å². The molecular weight excluding hydrogens is 248 g/mol. The van der Waals surface area contributed by atoms with Gasteiger partial charge < -0.3 is 5.73 Å². The minimum atomic E-state index is -3.19. The summed E-state index contributed by atoms with van der Waals surface area (Å²) < 4.78 is 26.3. The van der Waals surface area contributed by atoms with Crippen LogP contribution in [0.5, 0.6) is 0 Å². The highest BCUT2D eigenvalue weighted by Crippen LogP contribution is 2.19. The van der Waals surface area contributed by atoms with Gasteiger partial charge in [0.15, 0.2) is 0 Å². The first kappa shape index (κ1) is 17.9. The fourth-order valence-corrected chi connectivity index (χ4v) is 3.27. The van der Waals surface area contributed by atoms with Gasteiger partial charge >= 0.3 is 0 Å². The summed E-state index contributed by atoms with van der Waals surface area (Å²) in [5.41, 5.74) is 6.04. The van der Waals surface area contributed by atoms with E-state index in [2.05, 4.69) is 18.6 Å². The van der Waals surface area contributed by atoms with E-state index in [0.29, 0.717) is 18.9 Å². The van der Waals surface area contributed by atoms with Crippen molar-refractivity contribution in [1.29, 1.82) is 0 Å². The Balaban J connectivity index is 4.19. The number of sulfonamides is 1. The molecule has 0 aliphatic carbocycles. The van der Waals surface area contributed by atoms with Crippen molar-refractivity contribution in [2.45, 2.75) is 59.9 Å². The smallest absolute Gasteiger partial charge is 0.211 e. The molecule has 1 atom stereocenters. The maximum absolute atomic E-state index is 11.8. The Bertz CT molecular complexity index is 316. The maximum atomic E-state index is 11.8. The van der Waals surface area contributed by atoms with E-state index in [9.17, 15) is 8.42 Å². The van der Waals surface area contributed by atoms with Gasteiger partial charge in [0.2, 0.25) is 10.0 Å². The number of nitrogens with two attached hydrogens (primary N) is 1. The second kappa shape index (κ2) is 7.46. The van der Waals surface area contributed by atoms with Crippen LogP contribution in [0.15, 0.2) is 0 Å². The normalized spacial score (nSPS) is 15.1. The van der Waals surface area contributed by atoms with Crippen molar-refractivity contribution in [1.82, 2.24) is 4.72 Å². The van der Waals surface area contributed by atoms with Crippen molar-refractivity contribution in [3.05, 3.63) is 0 Å². The molecule has 0 aromatic heterocycles. The monoisotopic (exact) mass is 278 g/mol. The molecule has 0 aliphatic heterocycles. The fourth-order valence-electron chi connectivity index (χ4n) is 1.80. The van der Waals surface area contributed by atoms with Crippen LogP contribution in [0.3, 0.4) is 0 Å². The molecule has 110 valence electrons. The molecule has 0 saturated carbocycles. The first-order valence-electron chi connectivity index (χ1n) is 6.84. The summed E-state index contributed by atoms with van der Waals surface area (Å²) in [4.78, 5) is 0. The van der Waals surface area contributed by atoms with E-state index in [1.165, 1.54) is 0 Å². The minimum Gasteiger partial charge on any atom is -0.326 e. The standard InChI is InChI=1S/C13H30N2O2S/c1-6-11(7-2)12(14)10-15-18(16,17)9-8-13(3,4)5/h11-12,15H,6-10,14H2,1-5H3. The number of nitrogens with one attached hydrogen (secondary N) is 1. The van der Waals surface area contributed by atoms with Crippen molar-refractivity contribution in [2.75, 3.05) is 12.3 Å². The minimum absolute atomic E-state index is 0.0340. The van der Waals surface area contributed by atoms with Crippen LogP contribution in [0.2, 0.25) is 0 Å². The molecule has 0 heterocycles. The van der Waals surface area contributed by atoms with Gasteiger partial charge in [0.1, 0.15) is 0 Å². The molecule has 0 radical (unpaired) electrons. The second-order valence-corrected chi connectivity index (χ2v) is 8.14. The summed E-state index contributed by atoms with van der Waals surface area (Å²) in [6, 6.07) is -0.0931. The molecule has 0 spiro atoms. The average Bonchev–Trinajstić information content (AvgIpc) is 2.25. The summed E-state index contributed by atoms with van der Waals surface area (Å²) in [6.45, 7) is 10.6. The lowest BCUT2D eigenvalue weighted by molar-refractivity contribution is 0.387. The van der Waals surface area contributed by atoms with E-state index in [1.807, 2.05) is 20.8 Å². The van der Waals surface area contributed by atoms with Gasteiger partial charge in [-0.2, -0.15) is 0 Å². The molecule has 0 aromatic carbocycles. The summed E-state index contributed by atoms with van der Waals surface area (Å²) in [5.74, 6) is 0.557. The van der Waals surface area contributed by atoms with E-state index in [-0.39, 0.29) is 17.2 Å². The van der Waals surface area contributed by atoms with Gasteiger partial charge in [-0.05, 0) is 17.8 Å². The van der Waals surface area contributed by atoms with E-state index >= 15 is 0 Å². The summed E-state index contributed by atoms with van der Waals surface area (Å²) in [6.07, 6.45) is 2.63. The Kier molecular flexibility index (Phi) is 7.40. The Morgan fingerprint density at radius 1 is 1.17 bits per heavy atom. The Morgan fingerprint density at radius 2 is 1.67 bits per heavy atom. The van der Waals surface area contributed by atoms with Crippen LogP contribution in [0, 0.1) is 11.3 Å². The summed E-state index contributed by atoms with van der Waals surface area (Å²) in [7, 11) is -3.19. The van der Waals surface area contributed by atoms with E-state index in [0.717, 1.165) is 12.8 Å². The molecule has 0 aromatic rings. The summed E-state index contributed by atoms with van der Waals surface area (Å²) >= 11 is 0. The van der Waals surface area contributed by atoms with Crippen molar-refractivity contribution in [3.8, 4) is 0 Å². The molecule has 0 saturated heterocycles. The highest BCUT2D eigenvalue weighted by Gasteiger charge is 2.20. The van der Waals surface area contributed by atoms with Gasteiger partial charge in [-0.1, -0.05) is 47.5 Å². The lowest BCUT2D eigenvalue weighted by atomic mass is 9.94. The molecule has 5 heteroatoms. The van der Waals surface area contributed by atoms with Crippen LogP contribution < -0.4 is 10.5 Å². The van der Waals surface area contributed by atoms with E-state index in [4.69, 9.17) is 5.73 Å². The molecule has 1 unspecified atom stereocenters. The maximum Gasteiger partial charge on any atom is 0.211 e. The molecule has 18 heavy (non-hydrogen) atoms. The lowest BCUT2D eigenvalue weighted by Gasteiger charge is -2.22. The van der Waals surface area contributed by atoms with Gasteiger partial charge in [0, 0.05) is 12.6 Å². The first-order chi connectivity index (χ1) is 8.11. The molecule has 0 bridgehead atoms. The zero-order valence-corrected chi connectivity index (χ0v) is 13.3. The third kappa shape index (κ3) is 8.06. The molecule has 0 rings (SSSR count). The van der Waals surface area contributed by atoms with E-state index in [1.54, 1.807) is 0 Å². The molecule has 0 amide bonds. The quantitative estimate of drug-likeness (QED) is 0.714. The Labute approximate surface area is 113 Å². The zero-order chi connectivity index (χ0) is 14.4. The Morgan fingerprint density at radius 3 is 2.06 bits per heavy atom. The van der Waals surface area contributed by atoms with Crippen molar-refractivity contribution in [3.63, 3.8) is 0 Å². The number of rotatable bonds is 8. The van der Waals surface area contributed by atoms with Gasteiger partial charge in [0.05, 0.1) is 5.75 Å². The highest BCUT2D eigenvalue weighted by atomic mass is 32.2.